The maximum atomic E-state index is 5.28. The number of benzene rings is 1. The fraction of sp³-hybridized carbons (Fsp3) is 0.308. The lowest BCUT2D eigenvalue weighted by Gasteiger charge is -2.10. The van der Waals surface area contributed by atoms with E-state index in [4.69, 9.17) is 4.74 Å². The van der Waals surface area contributed by atoms with Crippen LogP contribution in [0.25, 0.3) is 0 Å². The molecular weight excluding hydrogens is 294 g/mol. The number of aromatic nitrogens is 2. The first-order valence-electron chi connectivity index (χ1n) is 5.91. The SMILES string of the molecule is COc1cc(Nc2nccn2C2CC2)ccc1Br. The molecule has 0 saturated heterocycles. The van der Waals surface area contributed by atoms with Crippen molar-refractivity contribution in [2.45, 2.75) is 18.9 Å². The zero-order chi connectivity index (χ0) is 12.5. The molecule has 1 aliphatic carbocycles. The number of rotatable bonds is 4. The van der Waals surface area contributed by atoms with Crippen molar-refractivity contribution in [2.75, 3.05) is 12.4 Å². The van der Waals surface area contributed by atoms with Gasteiger partial charge in [0.05, 0.1) is 11.6 Å². The average molecular weight is 308 g/mol. The molecule has 3 rings (SSSR count). The molecule has 0 atom stereocenters. The van der Waals surface area contributed by atoms with Crippen LogP contribution in [-0.4, -0.2) is 16.7 Å². The molecule has 4 nitrogen and oxygen atoms in total. The van der Waals surface area contributed by atoms with Crippen LogP contribution in [0.2, 0.25) is 0 Å². The van der Waals surface area contributed by atoms with Crippen LogP contribution in [-0.2, 0) is 0 Å². The van der Waals surface area contributed by atoms with E-state index >= 15 is 0 Å². The summed E-state index contributed by atoms with van der Waals surface area (Å²) in [5.74, 6) is 1.70. The molecule has 0 bridgehead atoms. The lowest BCUT2D eigenvalue weighted by atomic mass is 10.3. The lowest BCUT2D eigenvalue weighted by molar-refractivity contribution is 0.412. The van der Waals surface area contributed by atoms with Crippen LogP contribution in [0, 0.1) is 0 Å². The largest absolute Gasteiger partial charge is 0.495 e. The van der Waals surface area contributed by atoms with E-state index in [-0.39, 0.29) is 0 Å². The standard InChI is InChI=1S/C13H14BrN3O/c1-18-12-8-9(2-5-11(12)14)16-13-15-6-7-17(13)10-3-4-10/h2,5-8,10H,3-4H2,1H3,(H,15,16). The molecule has 1 N–H and O–H groups in total. The molecule has 1 aromatic heterocycles. The van der Waals surface area contributed by atoms with Gasteiger partial charge in [0.15, 0.2) is 0 Å². The average Bonchev–Trinajstić information content (AvgIpc) is 3.12. The van der Waals surface area contributed by atoms with Gasteiger partial charge in [-0.15, -0.1) is 0 Å². The number of nitrogens with zero attached hydrogens (tertiary/aromatic N) is 2. The molecule has 94 valence electrons. The molecule has 1 saturated carbocycles. The number of imidazole rings is 1. The molecule has 1 aromatic carbocycles. The van der Waals surface area contributed by atoms with Gasteiger partial charge in [-0.05, 0) is 40.9 Å². The second kappa shape index (κ2) is 4.65. The molecule has 0 radical (unpaired) electrons. The summed E-state index contributed by atoms with van der Waals surface area (Å²) >= 11 is 3.44. The van der Waals surface area contributed by atoms with Crippen molar-refractivity contribution in [3.63, 3.8) is 0 Å². The Morgan fingerprint density at radius 2 is 2.28 bits per heavy atom. The Morgan fingerprint density at radius 1 is 1.44 bits per heavy atom. The summed E-state index contributed by atoms with van der Waals surface area (Å²) in [5.41, 5.74) is 0.975. The number of anilines is 2. The Labute approximate surface area is 114 Å². The smallest absolute Gasteiger partial charge is 0.207 e. The van der Waals surface area contributed by atoms with Gasteiger partial charge in [-0.3, -0.25) is 0 Å². The normalized spacial score (nSPS) is 14.6. The minimum Gasteiger partial charge on any atom is -0.495 e. The van der Waals surface area contributed by atoms with Crippen LogP contribution >= 0.6 is 15.9 Å². The zero-order valence-electron chi connectivity index (χ0n) is 10.1. The summed E-state index contributed by atoms with van der Waals surface area (Å²) in [5, 5.41) is 3.33. The lowest BCUT2D eigenvalue weighted by Crippen LogP contribution is -2.01. The van der Waals surface area contributed by atoms with Crippen molar-refractivity contribution in [1.82, 2.24) is 9.55 Å². The van der Waals surface area contributed by atoms with Gasteiger partial charge in [-0.25, -0.2) is 4.98 Å². The molecule has 18 heavy (non-hydrogen) atoms. The quantitative estimate of drug-likeness (QED) is 0.935. The molecule has 1 aliphatic rings. The summed E-state index contributed by atoms with van der Waals surface area (Å²) in [4.78, 5) is 4.35. The van der Waals surface area contributed by atoms with E-state index in [1.807, 2.05) is 30.6 Å². The van der Waals surface area contributed by atoms with Gasteiger partial charge < -0.3 is 14.6 Å². The molecule has 2 aromatic rings. The summed E-state index contributed by atoms with van der Waals surface area (Å²) in [6.07, 6.45) is 6.34. The highest BCUT2D eigenvalue weighted by Crippen LogP contribution is 2.37. The van der Waals surface area contributed by atoms with Crippen LogP contribution in [0.3, 0.4) is 0 Å². The maximum absolute atomic E-state index is 5.28. The summed E-state index contributed by atoms with van der Waals surface area (Å²) in [6, 6.07) is 6.53. The highest BCUT2D eigenvalue weighted by atomic mass is 79.9. The van der Waals surface area contributed by atoms with Crippen molar-refractivity contribution in [3.8, 4) is 5.75 Å². The molecule has 1 heterocycles. The summed E-state index contributed by atoms with van der Waals surface area (Å²) in [6.45, 7) is 0. The minimum atomic E-state index is 0.618. The van der Waals surface area contributed by atoms with E-state index < -0.39 is 0 Å². The third-order valence-corrected chi connectivity index (χ3v) is 3.67. The molecule has 0 aliphatic heterocycles. The van der Waals surface area contributed by atoms with E-state index in [1.165, 1.54) is 12.8 Å². The third-order valence-electron chi connectivity index (χ3n) is 3.02. The first-order chi connectivity index (χ1) is 8.78. The van der Waals surface area contributed by atoms with Crippen LogP contribution in [0.1, 0.15) is 18.9 Å². The monoisotopic (exact) mass is 307 g/mol. The Balaban J connectivity index is 1.85. The van der Waals surface area contributed by atoms with Crippen molar-refractivity contribution in [1.29, 1.82) is 0 Å². The third kappa shape index (κ3) is 2.22. The van der Waals surface area contributed by atoms with Crippen LogP contribution < -0.4 is 10.1 Å². The maximum Gasteiger partial charge on any atom is 0.207 e. The van der Waals surface area contributed by atoms with E-state index in [0.29, 0.717) is 6.04 Å². The number of hydrogen-bond acceptors (Lipinski definition) is 3. The van der Waals surface area contributed by atoms with E-state index in [0.717, 1.165) is 21.9 Å². The Hall–Kier alpha value is -1.49. The van der Waals surface area contributed by atoms with Crippen LogP contribution in [0.15, 0.2) is 35.1 Å². The Morgan fingerprint density at radius 3 is 3.00 bits per heavy atom. The number of nitrogens with one attached hydrogen (secondary N) is 1. The van der Waals surface area contributed by atoms with E-state index in [1.54, 1.807) is 7.11 Å². The van der Waals surface area contributed by atoms with Gasteiger partial charge >= 0.3 is 0 Å². The van der Waals surface area contributed by atoms with Gasteiger partial charge in [0.1, 0.15) is 5.75 Å². The van der Waals surface area contributed by atoms with Crippen LogP contribution in [0.4, 0.5) is 11.6 Å². The van der Waals surface area contributed by atoms with E-state index in [9.17, 15) is 0 Å². The fourth-order valence-electron chi connectivity index (χ4n) is 1.92. The highest BCUT2D eigenvalue weighted by Gasteiger charge is 2.25. The van der Waals surface area contributed by atoms with Crippen molar-refractivity contribution in [2.24, 2.45) is 0 Å². The number of ether oxygens (including phenoxy) is 1. The molecule has 0 unspecified atom stereocenters. The highest BCUT2D eigenvalue weighted by molar-refractivity contribution is 9.10. The van der Waals surface area contributed by atoms with Crippen molar-refractivity contribution >= 4 is 27.6 Å². The second-order valence-electron chi connectivity index (χ2n) is 4.36. The number of halogens is 1. The summed E-state index contributed by atoms with van der Waals surface area (Å²) < 4.78 is 8.42. The Bertz CT molecular complexity index is 563. The molecule has 0 amide bonds. The molecule has 1 fully saturated rings. The predicted molar refractivity (Wildman–Crippen MR) is 74.5 cm³/mol. The van der Waals surface area contributed by atoms with Gasteiger partial charge in [0.2, 0.25) is 5.95 Å². The van der Waals surface area contributed by atoms with Gasteiger partial charge in [0, 0.05) is 30.2 Å². The van der Waals surface area contributed by atoms with Gasteiger partial charge in [-0.1, -0.05) is 0 Å². The fourth-order valence-corrected chi connectivity index (χ4v) is 2.33. The Kier molecular flexibility index (Phi) is 2.99. The zero-order valence-corrected chi connectivity index (χ0v) is 11.6. The topological polar surface area (TPSA) is 39.1 Å². The molecule has 5 heteroatoms. The number of hydrogen-bond donors (Lipinski definition) is 1. The summed E-state index contributed by atoms with van der Waals surface area (Å²) in [7, 11) is 1.66. The van der Waals surface area contributed by atoms with Crippen molar-refractivity contribution in [3.05, 3.63) is 35.1 Å². The van der Waals surface area contributed by atoms with Gasteiger partial charge in [-0.2, -0.15) is 0 Å². The van der Waals surface area contributed by atoms with E-state index in [2.05, 4.69) is 30.8 Å². The first kappa shape index (κ1) is 11.6. The predicted octanol–water partition coefficient (Wildman–Crippen LogP) is 3.73. The minimum absolute atomic E-state index is 0.618. The van der Waals surface area contributed by atoms with Crippen molar-refractivity contribution < 1.29 is 4.74 Å². The first-order valence-corrected chi connectivity index (χ1v) is 6.70. The van der Waals surface area contributed by atoms with Gasteiger partial charge in [0.25, 0.3) is 0 Å². The number of methoxy groups -OCH3 is 1. The van der Waals surface area contributed by atoms with Crippen LogP contribution in [0.5, 0.6) is 5.75 Å². The molecule has 0 spiro atoms. The molecular formula is C13H14BrN3O. The second-order valence-corrected chi connectivity index (χ2v) is 5.22.